The maximum Gasteiger partial charge on any atom is 0.264 e. The van der Waals surface area contributed by atoms with Crippen molar-refractivity contribution in [3.05, 3.63) is 35.9 Å². The summed E-state index contributed by atoms with van der Waals surface area (Å²) in [5.41, 5.74) is 1.02. The Morgan fingerprint density at radius 2 is 1.79 bits per heavy atom. The van der Waals surface area contributed by atoms with Gasteiger partial charge in [-0.1, -0.05) is 30.3 Å². The molecular formula is C11H17NO5S2. The summed E-state index contributed by atoms with van der Waals surface area (Å²) >= 11 is 0. The van der Waals surface area contributed by atoms with Gasteiger partial charge in [-0.15, -0.1) is 0 Å². The zero-order valence-corrected chi connectivity index (χ0v) is 12.3. The molecule has 0 bridgehead atoms. The third-order valence-corrected chi connectivity index (χ3v) is 3.84. The average Bonchev–Trinajstić information content (AvgIpc) is 2.33. The van der Waals surface area contributed by atoms with Crippen molar-refractivity contribution in [1.29, 1.82) is 0 Å². The first-order valence-corrected chi connectivity index (χ1v) is 8.61. The Balaban J connectivity index is 2.45. The topological polar surface area (TPSA) is 80.8 Å². The van der Waals surface area contributed by atoms with E-state index in [2.05, 4.69) is 4.18 Å². The van der Waals surface area contributed by atoms with E-state index in [0.717, 1.165) is 11.8 Å². The van der Waals surface area contributed by atoms with Crippen LogP contribution in [-0.2, 0) is 31.6 Å². The van der Waals surface area contributed by atoms with Crippen LogP contribution in [0.5, 0.6) is 0 Å². The van der Waals surface area contributed by atoms with Crippen LogP contribution < -0.4 is 0 Å². The van der Waals surface area contributed by atoms with Crippen LogP contribution in [0.2, 0.25) is 0 Å². The smallest absolute Gasteiger partial charge is 0.264 e. The van der Waals surface area contributed by atoms with Crippen LogP contribution in [0.1, 0.15) is 5.56 Å². The van der Waals surface area contributed by atoms with Gasteiger partial charge in [0, 0.05) is 13.1 Å². The molecule has 0 aromatic heterocycles. The maximum absolute atomic E-state index is 11.0. The van der Waals surface area contributed by atoms with E-state index >= 15 is 0 Å². The predicted octanol–water partition coefficient (Wildman–Crippen LogP) is 0.0337. The van der Waals surface area contributed by atoms with Crippen molar-refractivity contribution in [2.75, 3.05) is 26.0 Å². The third kappa shape index (κ3) is 7.26. The summed E-state index contributed by atoms with van der Waals surface area (Å²) < 4.78 is 49.3. The molecule has 0 N–H and O–H groups in total. The van der Waals surface area contributed by atoms with E-state index in [4.69, 9.17) is 0 Å². The summed E-state index contributed by atoms with van der Waals surface area (Å²) in [6, 6.07) is 9.45. The fourth-order valence-corrected chi connectivity index (χ4v) is 2.36. The molecular weight excluding hydrogens is 290 g/mol. The number of thiol groups is 1. The minimum atomic E-state index is -3.54. The van der Waals surface area contributed by atoms with Gasteiger partial charge in [-0.3, -0.25) is 4.18 Å². The summed E-state index contributed by atoms with van der Waals surface area (Å²) in [5.74, 6) is 0. The molecule has 0 aliphatic carbocycles. The number of benzene rings is 1. The molecule has 0 saturated carbocycles. The lowest BCUT2D eigenvalue weighted by Gasteiger charge is -2.14. The summed E-state index contributed by atoms with van der Waals surface area (Å²) in [6.45, 7) is 0.158. The first-order chi connectivity index (χ1) is 8.88. The van der Waals surface area contributed by atoms with E-state index in [1.165, 1.54) is 4.31 Å². The Hall–Kier alpha value is -0.960. The second-order valence-electron chi connectivity index (χ2n) is 3.95. The lowest BCUT2D eigenvalue weighted by Crippen LogP contribution is -2.29. The summed E-state index contributed by atoms with van der Waals surface area (Å²) in [5, 5.41) is 0. The van der Waals surface area contributed by atoms with Crippen molar-refractivity contribution in [3.63, 3.8) is 0 Å². The molecule has 8 heteroatoms. The van der Waals surface area contributed by atoms with Gasteiger partial charge in [-0.2, -0.15) is 8.42 Å². The third-order valence-electron chi connectivity index (χ3n) is 2.38. The molecule has 0 saturated heterocycles. The quantitative estimate of drug-likeness (QED) is 0.541. The molecule has 108 valence electrons. The summed E-state index contributed by atoms with van der Waals surface area (Å²) in [7, 11) is -6.29. The number of hydrogen-bond donors (Lipinski definition) is 1. The number of hydrogen-bond acceptors (Lipinski definition) is 5. The number of nitrogens with zero attached hydrogens (tertiary/aromatic N) is 1. The van der Waals surface area contributed by atoms with Crippen molar-refractivity contribution in [3.8, 4) is 0 Å². The Kier molecular flexibility index (Phi) is 6.43. The maximum atomic E-state index is 11.0. The number of rotatable bonds is 8. The minimum absolute atomic E-state index is 0.0264. The molecule has 0 aliphatic rings. The Labute approximate surface area is 115 Å². The van der Waals surface area contributed by atoms with Crippen LogP contribution in [0.4, 0.5) is 0 Å². The largest absolute Gasteiger partial charge is 0.269 e. The van der Waals surface area contributed by atoms with E-state index in [1.807, 2.05) is 30.3 Å². The van der Waals surface area contributed by atoms with Crippen LogP contribution in [0, 0.1) is 0 Å². The highest BCUT2D eigenvalue weighted by Crippen LogP contribution is 2.02. The Morgan fingerprint density at radius 3 is 2.32 bits per heavy atom. The zero-order valence-electron chi connectivity index (χ0n) is 10.6. The van der Waals surface area contributed by atoms with Gasteiger partial charge in [0.15, 0.2) is 0 Å². The summed E-state index contributed by atoms with van der Waals surface area (Å²) in [6.07, 6.45) is 1.50. The van der Waals surface area contributed by atoms with Crippen LogP contribution in [0.3, 0.4) is 0 Å². The van der Waals surface area contributed by atoms with Gasteiger partial charge in [0.05, 0.1) is 12.9 Å². The van der Waals surface area contributed by atoms with E-state index < -0.39 is 21.0 Å². The molecule has 0 heterocycles. The molecule has 0 aliphatic heterocycles. The standard InChI is InChI=1S/C11H17NO5S2/c1-19(15,16)17-10-9-12(18(13)14)8-7-11-5-3-2-4-6-11/h2-6,18H,7-10H2,1H3. The first kappa shape index (κ1) is 16.1. The van der Waals surface area contributed by atoms with Gasteiger partial charge >= 0.3 is 0 Å². The molecule has 0 radical (unpaired) electrons. The molecule has 0 atom stereocenters. The van der Waals surface area contributed by atoms with Gasteiger partial charge in [-0.25, -0.2) is 12.7 Å². The van der Waals surface area contributed by atoms with Crippen LogP contribution in [0.15, 0.2) is 30.3 Å². The van der Waals surface area contributed by atoms with Crippen molar-refractivity contribution in [2.24, 2.45) is 0 Å². The van der Waals surface area contributed by atoms with Gasteiger partial charge < -0.3 is 0 Å². The second-order valence-corrected chi connectivity index (χ2v) is 6.64. The normalized spacial score (nSPS) is 12.2. The van der Waals surface area contributed by atoms with Gasteiger partial charge in [0.1, 0.15) is 0 Å². The van der Waals surface area contributed by atoms with Crippen LogP contribution >= 0.6 is 0 Å². The zero-order chi connectivity index (χ0) is 14.3. The van der Waals surface area contributed by atoms with Crippen LogP contribution in [0.25, 0.3) is 0 Å². The molecule has 1 aromatic rings. The van der Waals surface area contributed by atoms with Crippen molar-refractivity contribution in [1.82, 2.24) is 4.31 Å². The molecule has 19 heavy (non-hydrogen) atoms. The van der Waals surface area contributed by atoms with Gasteiger partial charge in [0.25, 0.3) is 10.1 Å². The predicted molar refractivity (Wildman–Crippen MR) is 72.8 cm³/mol. The highest BCUT2D eigenvalue weighted by atomic mass is 32.2. The van der Waals surface area contributed by atoms with Crippen molar-refractivity contribution < 1.29 is 21.0 Å². The molecule has 1 rings (SSSR count). The molecule has 0 unspecified atom stereocenters. The van der Waals surface area contributed by atoms with E-state index in [1.54, 1.807) is 0 Å². The van der Waals surface area contributed by atoms with Crippen molar-refractivity contribution >= 4 is 21.0 Å². The fraction of sp³-hybridized carbons (Fsp3) is 0.455. The van der Waals surface area contributed by atoms with Gasteiger partial charge in [0.2, 0.25) is 10.9 Å². The highest BCUT2D eigenvalue weighted by Gasteiger charge is 2.09. The monoisotopic (exact) mass is 307 g/mol. The van der Waals surface area contributed by atoms with Gasteiger partial charge in [-0.05, 0) is 12.0 Å². The molecule has 1 aromatic carbocycles. The molecule has 0 amide bonds. The van der Waals surface area contributed by atoms with Crippen molar-refractivity contribution in [2.45, 2.75) is 6.42 Å². The second kappa shape index (κ2) is 7.59. The molecule has 0 spiro atoms. The summed E-state index contributed by atoms with van der Waals surface area (Å²) in [4.78, 5) is 0. The highest BCUT2D eigenvalue weighted by molar-refractivity contribution is 7.86. The molecule has 6 nitrogen and oxygen atoms in total. The Bertz CT molecular complexity index is 546. The SMILES string of the molecule is CS(=O)(=O)OCCN(CCc1ccccc1)[SH](=O)=O. The Morgan fingerprint density at radius 1 is 1.16 bits per heavy atom. The average molecular weight is 307 g/mol. The minimum Gasteiger partial charge on any atom is -0.269 e. The fourth-order valence-electron chi connectivity index (χ4n) is 1.47. The lowest BCUT2D eigenvalue weighted by atomic mass is 10.1. The van der Waals surface area contributed by atoms with E-state index in [-0.39, 0.29) is 13.2 Å². The first-order valence-electron chi connectivity index (χ1n) is 5.66. The van der Waals surface area contributed by atoms with E-state index in [0.29, 0.717) is 13.0 Å². The van der Waals surface area contributed by atoms with Crippen LogP contribution in [-0.4, -0.2) is 47.1 Å². The molecule has 0 fully saturated rings. The lowest BCUT2D eigenvalue weighted by molar-refractivity contribution is 0.282. The van der Waals surface area contributed by atoms with E-state index in [9.17, 15) is 16.8 Å².